The molecule has 0 radical (unpaired) electrons. The number of hydrogen-bond donors (Lipinski definition) is 1. The van der Waals surface area contributed by atoms with Crippen molar-refractivity contribution < 1.29 is 4.52 Å². The first-order chi connectivity index (χ1) is 10.1. The Labute approximate surface area is 127 Å². The van der Waals surface area contributed by atoms with Gasteiger partial charge in [-0.2, -0.15) is 4.98 Å². The zero-order valence-electron chi connectivity index (χ0n) is 13.6. The molecule has 0 aliphatic carbocycles. The third-order valence-electron chi connectivity index (χ3n) is 4.08. The SMILES string of the molecule is CCC(NC)C(C)c1nc(-c2ccc(C(C)C)cc2)no1. The predicted molar refractivity (Wildman–Crippen MR) is 85.4 cm³/mol. The van der Waals surface area contributed by atoms with E-state index in [0.717, 1.165) is 12.0 Å². The van der Waals surface area contributed by atoms with Gasteiger partial charge >= 0.3 is 0 Å². The number of aromatic nitrogens is 2. The number of rotatable bonds is 6. The summed E-state index contributed by atoms with van der Waals surface area (Å²) >= 11 is 0. The molecule has 0 saturated heterocycles. The molecule has 114 valence electrons. The van der Waals surface area contributed by atoms with Gasteiger partial charge in [-0.05, 0) is 24.9 Å². The van der Waals surface area contributed by atoms with Gasteiger partial charge in [0.05, 0.1) is 5.92 Å². The first-order valence-electron chi connectivity index (χ1n) is 7.68. The van der Waals surface area contributed by atoms with Crippen LogP contribution in [-0.2, 0) is 0 Å². The van der Waals surface area contributed by atoms with Gasteiger partial charge in [-0.3, -0.25) is 0 Å². The monoisotopic (exact) mass is 287 g/mol. The van der Waals surface area contributed by atoms with E-state index in [2.05, 4.69) is 67.4 Å². The highest BCUT2D eigenvalue weighted by Gasteiger charge is 2.22. The molecule has 0 saturated carbocycles. The minimum atomic E-state index is 0.205. The topological polar surface area (TPSA) is 51.0 Å². The van der Waals surface area contributed by atoms with Gasteiger partial charge in [0, 0.05) is 11.6 Å². The Morgan fingerprint density at radius 1 is 1.14 bits per heavy atom. The minimum Gasteiger partial charge on any atom is -0.339 e. The van der Waals surface area contributed by atoms with E-state index in [1.54, 1.807) is 0 Å². The molecule has 2 aromatic rings. The summed E-state index contributed by atoms with van der Waals surface area (Å²) in [7, 11) is 1.96. The summed E-state index contributed by atoms with van der Waals surface area (Å²) in [5, 5.41) is 7.41. The molecule has 0 aliphatic heterocycles. The largest absolute Gasteiger partial charge is 0.339 e. The van der Waals surface area contributed by atoms with Gasteiger partial charge < -0.3 is 9.84 Å². The smallest absolute Gasteiger partial charge is 0.231 e. The molecule has 1 heterocycles. The number of hydrogen-bond acceptors (Lipinski definition) is 4. The molecule has 4 nitrogen and oxygen atoms in total. The fourth-order valence-corrected chi connectivity index (χ4v) is 2.53. The average molecular weight is 287 g/mol. The first kappa shape index (κ1) is 15.7. The Hall–Kier alpha value is -1.68. The summed E-state index contributed by atoms with van der Waals surface area (Å²) in [5.74, 6) is 2.09. The van der Waals surface area contributed by atoms with Crippen molar-refractivity contribution in [1.29, 1.82) is 0 Å². The lowest BCUT2D eigenvalue weighted by atomic mass is 10.00. The first-order valence-corrected chi connectivity index (χ1v) is 7.68. The van der Waals surface area contributed by atoms with Crippen LogP contribution in [0.25, 0.3) is 11.4 Å². The van der Waals surface area contributed by atoms with Crippen LogP contribution in [0.1, 0.15) is 57.4 Å². The molecule has 21 heavy (non-hydrogen) atoms. The van der Waals surface area contributed by atoms with Crippen LogP contribution in [0, 0.1) is 0 Å². The third-order valence-corrected chi connectivity index (χ3v) is 4.08. The molecular formula is C17H25N3O. The number of nitrogens with one attached hydrogen (secondary N) is 1. The Bertz CT molecular complexity index is 556. The number of nitrogens with zero attached hydrogens (tertiary/aromatic N) is 2. The Balaban J connectivity index is 2.19. The molecular weight excluding hydrogens is 262 g/mol. The summed E-state index contributed by atoms with van der Waals surface area (Å²) in [5.41, 5.74) is 2.32. The lowest BCUT2D eigenvalue weighted by molar-refractivity contribution is 0.326. The third kappa shape index (κ3) is 3.50. The molecule has 2 rings (SSSR count). The maximum Gasteiger partial charge on any atom is 0.231 e. The fraction of sp³-hybridized carbons (Fsp3) is 0.529. The van der Waals surface area contributed by atoms with Crippen molar-refractivity contribution in [3.8, 4) is 11.4 Å². The van der Waals surface area contributed by atoms with Crippen LogP contribution in [-0.4, -0.2) is 23.2 Å². The normalized spacial score (nSPS) is 14.4. The van der Waals surface area contributed by atoms with E-state index in [1.165, 1.54) is 5.56 Å². The van der Waals surface area contributed by atoms with Crippen LogP contribution in [0.15, 0.2) is 28.8 Å². The minimum absolute atomic E-state index is 0.205. The lowest BCUT2D eigenvalue weighted by Crippen LogP contribution is -2.30. The maximum atomic E-state index is 5.44. The molecule has 0 amide bonds. The van der Waals surface area contributed by atoms with Crippen molar-refractivity contribution in [3.63, 3.8) is 0 Å². The quantitative estimate of drug-likeness (QED) is 0.873. The van der Waals surface area contributed by atoms with Gasteiger partial charge in [0.15, 0.2) is 0 Å². The van der Waals surface area contributed by atoms with E-state index < -0.39 is 0 Å². The van der Waals surface area contributed by atoms with Crippen LogP contribution in [0.4, 0.5) is 0 Å². The highest BCUT2D eigenvalue weighted by atomic mass is 16.5. The predicted octanol–water partition coefficient (Wildman–Crippen LogP) is 3.96. The van der Waals surface area contributed by atoms with Crippen LogP contribution < -0.4 is 5.32 Å². The summed E-state index contributed by atoms with van der Waals surface area (Å²) in [4.78, 5) is 4.55. The summed E-state index contributed by atoms with van der Waals surface area (Å²) in [6.07, 6.45) is 1.03. The molecule has 0 spiro atoms. The maximum absolute atomic E-state index is 5.44. The Kier molecular flexibility index (Phi) is 5.12. The van der Waals surface area contributed by atoms with E-state index in [4.69, 9.17) is 4.52 Å². The van der Waals surface area contributed by atoms with Crippen molar-refractivity contribution >= 4 is 0 Å². The van der Waals surface area contributed by atoms with E-state index in [9.17, 15) is 0 Å². The highest BCUT2D eigenvalue weighted by Crippen LogP contribution is 2.24. The molecule has 1 aromatic carbocycles. The number of benzene rings is 1. The van der Waals surface area contributed by atoms with E-state index in [0.29, 0.717) is 23.7 Å². The summed E-state index contributed by atoms with van der Waals surface area (Å²) in [6.45, 7) is 8.64. The lowest BCUT2D eigenvalue weighted by Gasteiger charge is -2.18. The second-order valence-corrected chi connectivity index (χ2v) is 5.83. The van der Waals surface area contributed by atoms with Gasteiger partial charge in [-0.25, -0.2) is 0 Å². The molecule has 0 aliphatic rings. The van der Waals surface area contributed by atoms with Crippen LogP contribution in [0.3, 0.4) is 0 Å². The van der Waals surface area contributed by atoms with Gasteiger partial charge in [-0.15, -0.1) is 0 Å². The average Bonchev–Trinajstić information content (AvgIpc) is 2.98. The Morgan fingerprint density at radius 3 is 2.33 bits per heavy atom. The fourth-order valence-electron chi connectivity index (χ4n) is 2.53. The van der Waals surface area contributed by atoms with Gasteiger partial charge in [-0.1, -0.05) is 57.1 Å². The van der Waals surface area contributed by atoms with Crippen molar-refractivity contribution in [2.24, 2.45) is 0 Å². The van der Waals surface area contributed by atoms with Crippen LogP contribution in [0.2, 0.25) is 0 Å². The summed E-state index contributed by atoms with van der Waals surface area (Å²) in [6, 6.07) is 8.72. The van der Waals surface area contributed by atoms with Gasteiger partial charge in [0.2, 0.25) is 11.7 Å². The molecule has 0 bridgehead atoms. The summed E-state index contributed by atoms with van der Waals surface area (Å²) < 4.78 is 5.44. The standard InChI is InChI=1S/C17H25N3O/c1-6-15(18-5)12(4)17-19-16(20-21-17)14-9-7-13(8-10-14)11(2)3/h7-12,15,18H,6H2,1-5H3. The molecule has 2 atom stereocenters. The van der Waals surface area contributed by atoms with Crippen molar-refractivity contribution in [2.45, 2.75) is 52.0 Å². The van der Waals surface area contributed by atoms with Gasteiger partial charge in [0.25, 0.3) is 0 Å². The van der Waals surface area contributed by atoms with E-state index >= 15 is 0 Å². The van der Waals surface area contributed by atoms with Crippen LogP contribution >= 0.6 is 0 Å². The molecule has 1 aromatic heterocycles. The molecule has 4 heteroatoms. The van der Waals surface area contributed by atoms with Crippen LogP contribution in [0.5, 0.6) is 0 Å². The zero-order chi connectivity index (χ0) is 15.4. The Morgan fingerprint density at radius 2 is 1.81 bits per heavy atom. The van der Waals surface area contributed by atoms with E-state index in [-0.39, 0.29) is 5.92 Å². The van der Waals surface area contributed by atoms with Crippen molar-refractivity contribution in [3.05, 3.63) is 35.7 Å². The second-order valence-electron chi connectivity index (χ2n) is 5.83. The second kappa shape index (κ2) is 6.85. The zero-order valence-corrected chi connectivity index (χ0v) is 13.6. The number of likely N-dealkylation sites (N-methyl/N-ethyl adjacent to an activating group) is 1. The molecule has 2 unspecified atom stereocenters. The molecule has 0 fully saturated rings. The highest BCUT2D eigenvalue weighted by molar-refractivity contribution is 5.54. The van der Waals surface area contributed by atoms with E-state index in [1.807, 2.05) is 7.05 Å². The van der Waals surface area contributed by atoms with Crippen molar-refractivity contribution in [2.75, 3.05) is 7.05 Å². The van der Waals surface area contributed by atoms with Crippen molar-refractivity contribution in [1.82, 2.24) is 15.5 Å². The van der Waals surface area contributed by atoms with Gasteiger partial charge in [0.1, 0.15) is 0 Å². The molecule has 1 N–H and O–H groups in total.